The summed E-state index contributed by atoms with van der Waals surface area (Å²) in [5.74, 6) is 1.23. The number of aromatic nitrogens is 4. The van der Waals surface area contributed by atoms with E-state index >= 15 is 0 Å². The number of pyridine rings is 1. The summed E-state index contributed by atoms with van der Waals surface area (Å²) in [5.41, 5.74) is 1.82. The van der Waals surface area contributed by atoms with Crippen molar-refractivity contribution in [3.05, 3.63) is 63.2 Å². The Morgan fingerprint density at radius 2 is 1.85 bits per heavy atom. The highest BCUT2D eigenvalue weighted by Gasteiger charge is 2.28. The number of allylic oxidation sites excluding steroid dienone is 1. The molecule has 0 unspecified atom stereocenters. The molecule has 12 heteroatoms. The summed E-state index contributed by atoms with van der Waals surface area (Å²) in [6.07, 6.45) is 5.81. The van der Waals surface area contributed by atoms with Crippen LogP contribution in [0.4, 0.5) is 0 Å². The van der Waals surface area contributed by atoms with Gasteiger partial charge in [-0.05, 0) is 31.1 Å². The molecule has 0 aliphatic heterocycles. The summed E-state index contributed by atoms with van der Waals surface area (Å²) in [5, 5.41) is 23.8. The third kappa shape index (κ3) is 5.16. The van der Waals surface area contributed by atoms with Gasteiger partial charge in [0, 0.05) is 12.7 Å². The molecule has 5 rings (SSSR count). The van der Waals surface area contributed by atoms with E-state index in [1.54, 1.807) is 25.3 Å². The predicted molar refractivity (Wildman–Crippen MR) is 139 cm³/mol. The molecule has 204 valence electrons. The fraction of sp³-hybridized carbons (Fsp3) is 0.333. The second-order valence-electron chi connectivity index (χ2n) is 8.71. The van der Waals surface area contributed by atoms with Gasteiger partial charge in [0.05, 0.1) is 63.0 Å². The molecular weight excluding hydrogens is 508 g/mol. The van der Waals surface area contributed by atoms with Gasteiger partial charge >= 0.3 is 0 Å². The summed E-state index contributed by atoms with van der Waals surface area (Å²) in [7, 11) is 4.56. The first-order chi connectivity index (χ1) is 19.0. The van der Waals surface area contributed by atoms with Crippen molar-refractivity contribution in [2.75, 3.05) is 34.5 Å². The molecule has 12 nitrogen and oxygen atoms in total. The second-order valence-corrected chi connectivity index (χ2v) is 8.71. The summed E-state index contributed by atoms with van der Waals surface area (Å²) < 4.78 is 33.1. The van der Waals surface area contributed by atoms with E-state index in [1.807, 2.05) is 12.2 Å². The van der Waals surface area contributed by atoms with Crippen molar-refractivity contribution < 1.29 is 33.0 Å². The molecule has 0 amide bonds. The number of hydrogen-bond donors (Lipinski definition) is 2. The lowest BCUT2D eigenvalue weighted by atomic mass is 9.98. The van der Waals surface area contributed by atoms with E-state index in [0.717, 1.165) is 18.4 Å². The normalized spacial score (nSPS) is 12.5. The van der Waals surface area contributed by atoms with Crippen molar-refractivity contribution in [3.63, 3.8) is 0 Å². The lowest BCUT2D eigenvalue weighted by Crippen LogP contribution is -2.16. The van der Waals surface area contributed by atoms with Gasteiger partial charge in [0.15, 0.2) is 5.76 Å². The third-order valence-corrected chi connectivity index (χ3v) is 6.35. The molecule has 0 spiro atoms. The maximum atomic E-state index is 13.2. The molecule has 39 heavy (non-hydrogen) atoms. The van der Waals surface area contributed by atoms with E-state index in [1.165, 1.54) is 14.2 Å². The molecule has 0 saturated heterocycles. The standard InChI is InChI=1S/C27H28N4O8/c1-34-11-12-37-14-17-22(23-19(35-2)9-6-10-20(23)36-3)25(32)24(26(33)28-17)27-30-29-21(38-27)13-16-15-7-4-5-8-18(15)39-31-16/h5-6,8-10H,4,7,11-14H2,1-3H3,(H2,28,32,33). The van der Waals surface area contributed by atoms with Crippen molar-refractivity contribution in [1.29, 1.82) is 0 Å². The van der Waals surface area contributed by atoms with E-state index in [2.05, 4.69) is 20.3 Å². The number of H-pyrrole nitrogens is 1. The number of nitrogens with zero attached hydrogens (tertiary/aromatic N) is 3. The Balaban J connectivity index is 1.58. The average Bonchev–Trinajstić information content (AvgIpc) is 3.58. The summed E-state index contributed by atoms with van der Waals surface area (Å²) in [6, 6.07) is 5.19. The molecular formula is C27H28N4O8. The molecule has 1 aliphatic carbocycles. The summed E-state index contributed by atoms with van der Waals surface area (Å²) >= 11 is 0. The number of hydrogen-bond acceptors (Lipinski definition) is 11. The highest BCUT2D eigenvalue weighted by atomic mass is 16.5. The van der Waals surface area contributed by atoms with Crippen LogP contribution in [0.15, 0.2) is 38.0 Å². The molecule has 0 fully saturated rings. The Labute approximate surface area is 223 Å². The van der Waals surface area contributed by atoms with Crippen molar-refractivity contribution in [2.45, 2.75) is 25.9 Å². The minimum Gasteiger partial charge on any atom is -0.506 e. The van der Waals surface area contributed by atoms with Gasteiger partial charge in [-0.15, -0.1) is 10.2 Å². The fourth-order valence-corrected chi connectivity index (χ4v) is 4.51. The van der Waals surface area contributed by atoms with Crippen molar-refractivity contribution in [1.82, 2.24) is 20.3 Å². The van der Waals surface area contributed by atoms with Gasteiger partial charge < -0.3 is 38.0 Å². The van der Waals surface area contributed by atoms with Gasteiger partial charge in [0.1, 0.15) is 22.8 Å². The summed E-state index contributed by atoms with van der Waals surface area (Å²) in [6.45, 7) is 0.610. The van der Waals surface area contributed by atoms with Crippen LogP contribution in [0.5, 0.6) is 17.2 Å². The van der Waals surface area contributed by atoms with Crippen LogP contribution in [0.2, 0.25) is 0 Å². The minimum absolute atomic E-state index is 0.0240. The van der Waals surface area contributed by atoms with Crippen LogP contribution in [-0.2, 0) is 28.9 Å². The minimum atomic E-state index is -0.630. The molecule has 1 aromatic carbocycles. The number of rotatable bonds is 11. The smallest absolute Gasteiger partial charge is 0.264 e. The first-order valence-electron chi connectivity index (χ1n) is 12.3. The Bertz CT molecular complexity index is 1530. The molecule has 1 aliphatic rings. The second kappa shape index (κ2) is 11.5. The zero-order chi connectivity index (χ0) is 27.4. The molecule has 0 bridgehead atoms. The van der Waals surface area contributed by atoms with Crippen LogP contribution in [0.1, 0.15) is 35.0 Å². The van der Waals surface area contributed by atoms with Gasteiger partial charge in [-0.25, -0.2) is 0 Å². The van der Waals surface area contributed by atoms with Crippen LogP contribution in [0.25, 0.3) is 28.7 Å². The maximum Gasteiger partial charge on any atom is 0.264 e. The van der Waals surface area contributed by atoms with Gasteiger partial charge in [0.25, 0.3) is 11.4 Å². The zero-order valence-electron chi connectivity index (χ0n) is 21.8. The number of methoxy groups -OCH3 is 3. The van der Waals surface area contributed by atoms with Crippen LogP contribution < -0.4 is 15.0 Å². The van der Waals surface area contributed by atoms with E-state index in [4.69, 9.17) is 27.9 Å². The number of aromatic hydroxyl groups is 1. The van der Waals surface area contributed by atoms with Gasteiger partial charge in [0.2, 0.25) is 5.89 Å². The van der Waals surface area contributed by atoms with Crippen LogP contribution in [0.3, 0.4) is 0 Å². The summed E-state index contributed by atoms with van der Waals surface area (Å²) in [4.78, 5) is 16.0. The van der Waals surface area contributed by atoms with E-state index in [-0.39, 0.29) is 48.3 Å². The molecule has 0 atom stereocenters. The fourth-order valence-electron chi connectivity index (χ4n) is 4.51. The van der Waals surface area contributed by atoms with Crippen molar-refractivity contribution in [3.8, 4) is 39.8 Å². The molecule has 3 heterocycles. The molecule has 4 aromatic rings. The Morgan fingerprint density at radius 1 is 1.05 bits per heavy atom. The lowest BCUT2D eigenvalue weighted by molar-refractivity contribution is 0.0603. The molecule has 2 N–H and O–H groups in total. The first kappa shape index (κ1) is 26.2. The SMILES string of the molecule is COCCOCc1[nH]c(=O)c(-c2nnc(Cc3noc4c3CCC=C4)o2)c(O)c1-c1c(OC)cccc1OC. The zero-order valence-corrected chi connectivity index (χ0v) is 21.8. The number of aromatic amines is 1. The Kier molecular flexibility index (Phi) is 7.75. The number of benzene rings is 1. The molecule has 3 aromatic heterocycles. The lowest BCUT2D eigenvalue weighted by Gasteiger charge is -2.18. The van der Waals surface area contributed by atoms with Crippen LogP contribution in [0, 0.1) is 0 Å². The Morgan fingerprint density at radius 3 is 2.59 bits per heavy atom. The number of nitrogens with one attached hydrogen (secondary N) is 1. The Hall–Kier alpha value is -4.42. The topological polar surface area (TPSA) is 155 Å². The quantitative estimate of drug-likeness (QED) is 0.271. The van der Waals surface area contributed by atoms with Gasteiger partial charge in [-0.3, -0.25) is 4.79 Å². The van der Waals surface area contributed by atoms with Crippen LogP contribution in [-0.4, -0.2) is 60.0 Å². The predicted octanol–water partition coefficient (Wildman–Crippen LogP) is 3.52. The van der Waals surface area contributed by atoms with E-state index < -0.39 is 5.56 Å². The third-order valence-electron chi connectivity index (χ3n) is 6.35. The first-order valence-corrected chi connectivity index (χ1v) is 12.3. The average molecular weight is 537 g/mol. The molecule has 0 saturated carbocycles. The molecule has 0 radical (unpaired) electrons. The van der Waals surface area contributed by atoms with E-state index in [9.17, 15) is 9.90 Å². The van der Waals surface area contributed by atoms with Crippen molar-refractivity contribution >= 4 is 6.08 Å². The number of fused-ring (bicyclic) bond motifs is 1. The largest absolute Gasteiger partial charge is 0.506 e. The van der Waals surface area contributed by atoms with Crippen molar-refractivity contribution in [2.24, 2.45) is 0 Å². The van der Waals surface area contributed by atoms with Gasteiger partial charge in [-0.1, -0.05) is 17.3 Å². The van der Waals surface area contributed by atoms with E-state index in [0.29, 0.717) is 40.8 Å². The maximum absolute atomic E-state index is 13.2. The highest BCUT2D eigenvalue weighted by Crippen LogP contribution is 2.46. The highest BCUT2D eigenvalue weighted by molar-refractivity contribution is 5.86. The number of ether oxygens (including phenoxy) is 4. The monoisotopic (exact) mass is 536 g/mol. The van der Waals surface area contributed by atoms with Crippen LogP contribution >= 0.6 is 0 Å². The van der Waals surface area contributed by atoms with Gasteiger partial charge in [-0.2, -0.15) is 0 Å².